The molecule has 0 unspecified atom stereocenters. The molecule has 0 aliphatic carbocycles. The van der Waals surface area contributed by atoms with Crippen LogP contribution in [0.15, 0.2) is 53.7 Å². The number of aromatic nitrogens is 3. The molecule has 0 atom stereocenters. The van der Waals surface area contributed by atoms with Gasteiger partial charge in [0.05, 0.1) is 5.75 Å². The van der Waals surface area contributed by atoms with Crippen molar-refractivity contribution in [3.8, 4) is 17.1 Å². The van der Waals surface area contributed by atoms with Gasteiger partial charge in [0.15, 0.2) is 11.0 Å². The third-order valence-corrected chi connectivity index (χ3v) is 5.67. The molecule has 3 rings (SSSR count). The Morgan fingerprint density at radius 2 is 1.62 bits per heavy atom. The first-order valence-electron chi connectivity index (χ1n) is 9.63. The van der Waals surface area contributed by atoms with E-state index in [1.165, 1.54) is 22.9 Å². The molecule has 152 valence electrons. The number of hydrogen-bond acceptors (Lipinski definition) is 4. The van der Waals surface area contributed by atoms with E-state index in [2.05, 4.69) is 86.4 Å². The van der Waals surface area contributed by atoms with E-state index in [1.807, 2.05) is 4.57 Å². The van der Waals surface area contributed by atoms with E-state index in [9.17, 15) is 4.79 Å². The van der Waals surface area contributed by atoms with E-state index < -0.39 is 0 Å². The van der Waals surface area contributed by atoms with Crippen molar-refractivity contribution in [3.63, 3.8) is 0 Å². The summed E-state index contributed by atoms with van der Waals surface area (Å²) in [6.07, 6.45) is 0. The first kappa shape index (κ1) is 21.1. The molecule has 2 aromatic carbocycles. The fourth-order valence-electron chi connectivity index (χ4n) is 2.85. The highest BCUT2D eigenvalue weighted by molar-refractivity contribution is 7.99. The van der Waals surface area contributed by atoms with E-state index in [0.29, 0.717) is 10.9 Å². The first-order valence-corrected chi connectivity index (χ1v) is 10.6. The Bertz CT molecular complexity index is 983. The standard InChI is InChI=1S/C23H28N4OS/c1-16-7-13-19(14-8-16)27-21(17-9-11-18(12-10-17)23(2,3)4)24-25-22(27)29-15-20(28)26(5)6/h7-14H,15H2,1-6H3. The number of benzene rings is 2. The SMILES string of the molecule is Cc1ccc(-n2c(SCC(=O)N(C)C)nnc2-c2ccc(C(C)(C)C)cc2)cc1. The number of nitrogens with zero attached hydrogens (tertiary/aromatic N) is 4. The van der Waals surface area contributed by atoms with Crippen LogP contribution in [-0.4, -0.2) is 45.4 Å². The van der Waals surface area contributed by atoms with Gasteiger partial charge in [-0.3, -0.25) is 9.36 Å². The van der Waals surface area contributed by atoms with Crippen molar-refractivity contribution in [1.29, 1.82) is 0 Å². The van der Waals surface area contributed by atoms with Crippen LogP contribution < -0.4 is 0 Å². The Hall–Kier alpha value is -2.60. The Morgan fingerprint density at radius 3 is 2.17 bits per heavy atom. The van der Waals surface area contributed by atoms with Crippen LogP contribution in [0.1, 0.15) is 31.9 Å². The number of thioether (sulfide) groups is 1. The fraction of sp³-hybridized carbons (Fsp3) is 0.348. The van der Waals surface area contributed by atoms with Crippen LogP contribution in [0.2, 0.25) is 0 Å². The minimum Gasteiger partial charge on any atom is -0.348 e. The van der Waals surface area contributed by atoms with Gasteiger partial charge in [-0.15, -0.1) is 10.2 Å². The molecule has 0 bridgehead atoms. The van der Waals surface area contributed by atoms with E-state index in [0.717, 1.165) is 17.1 Å². The second kappa shape index (κ2) is 8.41. The Kier molecular flexibility index (Phi) is 6.13. The van der Waals surface area contributed by atoms with E-state index in [-0.39, 0.29) is 11.3 Å². The monoisotopic (exact) mass is 408 g/mol. The molecule has 0 fully saturated rings. The number of carbonyl (C=O) groups excluding carboxylic acids is 1. The average molecular weight is 409 g/mol. The molecule has 0 spiro atoms. The number of hydrogen-bond donors (Lipinski definition) is 0. The predicted octanol–water partition coefficient (Wildman–Crippen LogP) is 4.72. The summed E-state index contributed by atoms with van der Waals surface area (Å²) in [6.45, 7) is 8.67. The molecule has 0 radical (unpaired) electrons. The highest BCUT2D eigenvalue weighted by Gasteiger charge is 2.19. The topological polar surface area (TPSA) is 51.0 Å². The Balaban J connectivity index is 2.02. The number of carbonyl (C=O) groups is 1. The van der Waals surface area contributed by atoms with Gasteiger partial charge >= 0.3 is 0 Å². The Labute approximate surface area is 177 Å². The molecule has 0 saturated heterocycles. The molecular formula is C23H28N4OS. The van der Waals surface area contributed by atoms with Crippen LogP contribution in [-0.2, 0) is 10.2 Å². The maximum absolute atomic E-state index is 12.1. The molecule has 29 heavy (non-hydrogen) atoms. The van der Waals surface area contributed by atoms with Gasteiger partial charge in [0.1, 0.15) is 0 Å². The van der Waals surface area contributed by atoms with Gasteiger partial charge in [0.25, 0.3) is 0 Å². The molecule has 0 aliphatic rings. The van der Waals surface area contributed by atoms with Crippen LogP contribution in [0.3, 0.4) is 0 Å². The van der Waals surface area contributed by atoms with Crippen molar-refractivity contribution < 1.29 is 4.79 Å². The molecule has 1 aromatic heterocycles. The molecule has 0 N–H and O–H groups in total. The lowest BCUT2D eigenvalue weighted by atomic mass is 9.87. The third-order valence-electron chi connectivity index (χ3n) is 4.76. The minimum atomic E-state index is 0.0459. The number of amides is 1. The smallest absolute Gasteiger partial charge is 0.232 e. The highest BCUT2D eigenvalue weighted by atomic mass is 32.2. The van der Waals surface area contributed by atoms with Crippen molar-refractivity contribution in [2.75, 3.05) is 19.8 Å². The van der Waals surface area contributed by atoms with Crippen molar-refractivity contribution in [3.05, 3.63) is 59.7 Å². The quantitative estimate of drug-likeness (QED) is 0.573. The maximum Gasteiger partial charge on any atom is 0.232 e. The molecule has 5 nitrogen and oxygen atoms in total. The average Bonchev–Trinajstić information content (AvgIpc) is 3.10. The van der Waals surface area contributed by atoms with Crippen molar-refractivity contribution >= 4 is 17.7 Å². The summed E-state index contributed by atoms with van der Waals surface area (Å²) in [5.41, 5.74) is 4.53. The highest BCUT2D eigenvalue weighted by Crippen LogP contribution is 2.30. The Morgan fingerprint density at radius 1 is 1.00 bits per heavy atom. The van der Waals surface area contributed by atoms with Crippen LogP contribution >= 0.6 is 11.8 Å². The second-order valence-corrected chi connectivity index (χ2v) is 9.32. The van der Waals surface area contributed by atoms with Crippen LogP contribution in [0, 0.1) is 6.92 Å². The fourth-order valence-corrected chi connectivity index (χ4v) is 3.78. The van der Waals surface area contributed by atoms with Crippen molar-refractivity contribution in [2.24, 2.45) is 0 Å². The minimum absolute atomic E-state index is 0.0459. The lowest BCUT2D eigenvalue weighted by Crippen LogP contribution is -2.23. The maximum atomic E-state index is 12.1. The van der Waals surface area contributed by atoms with E-state index in [4.69, 9.17) is 0 Å². The summed E-state index contributed by atoms with van der Waals surface area (Å²) in [5.74, 6) is 1.14. The van der Waals surface area contributed by atoms with Gasteiger partial charge in [-0.05, 0) is 30.0 Å². The van der Waals surface area contributed by atoms with Gasteiger partial charge in [0.2, 0.25) is 5.91 Å². The second-order valence-electron chi connectivity index (χ2n) is 8.38. The van der Waals surface area contributed by atoms with Gasteiger partial charge in [0, 0.05) is 25.3 Å². The summed E-state index contributed by atoms with van der Waals surface area (Å²) in [4.78, 5) is 13.7. The first-order chi connectivity index (χ1) is 13.7. The zero-order chi connectivity index (χ0) is 21.2. The zero-order valence-electron chi connectivity index (χ0n) is 17.9. The number of aryl methyl sites for hydroxylation is 1. The molecule has 3 aromatic rings. The van der Waals surface area contributed by atoms with Gasteiger partial charge < -0.3 is 4.90 Å². The van der Waals surface area contributed by atoms with Gasteiger partial charge in [-0.25, -0.2) is 0 Å². The van der Waals surface area contributed by atoms with Gasteiger partial charge in [-0.2, -0.15) is 0 Å². The molecule has 0 aliphatic heterocycles. The largest absolute Gasteiger partial charge is 0.348 e. The van der Waals surface area contributed by atoms with Crippen LogP contribution in [0.4, 0.5) is 0 Å². The molecular weight excluding hydrogens is 380 g/mol. The van der Waals surface area contributed by atoms with Crippen LogP contribution in [0.25, 0.3) is 17.1 Å². The summed E-state index contributed by atoms with van der Waals surface area (Å²) >= 11 is 1.40. The molecule has 0 saturated carbocycles. The van der Waals surface area contributed by atoms with Gasteiger partial charge in [-0.1, -0.05) is 74.5 Å². The van der Waals surface area contributed by atoms with E-state index in [1.54, 1.807) is 19.0 Å². The van der Waals surface area contributed by atoms with Crippen molar-refractivity contribution in [2.45, 2.75) is 38.3 Å². The lowest BCUT2D eigenvalue weighted by Gasteiger charge is -2.19. The number of rotatable bonds is 5. The third kappa shape index (κ3) is 4.88. The zero-order valence-corrected chi connectivity index (χ0v) is 18.7. The lowest BCUT2D eigenvalue weighted by molar-refractivity contribution is -0.125. The predicted molar refractivity (Wildman–Crippen MR) is 120 cm³/mol. The van der Waals surface area contributed by atoms with Crippen LogP contribution in [0.5, 0.6) is 0 Å². The van der Waals surface area contributed by atoms with E-state index >= 15 is 0 Å². The summed E-state index contributed by atoms with van der Waals surface area (Å²) in [5, 5.41) is 9.57. The molecule has 6 heteroatoms. The summed E-state index contributed by atoms with van der Waals surface area (Å²) in [7, 11) is 3.52. The summed E-state index contributed by atoms with van der Waals surface area (Å²) < 4.78 is 2.03. The van der Waals surface area contributed by atoms with Crippen molar-refractivity contribution in [1.82, 2.24) is 19.7 Å². The normalized spacial score (nSPS) is 11.5. The summed E-state index contributed by atoms with van der Waals surface area (Å²) in [6, 6.07) is 16.7. The molecule has 1 amide bonds. The molecule has 1 heterocycles.